The molecule has 1 aromatic rings. The van der Waals surface area contributed by atoms with Crippen LogP contribution in [0.5, 0.6) is 0 Å². The number of carbonyl (C=O) groups is 1. The van der Waals surface area contributed by atoms with E-state index in [4.69, 9.17) is 4.74 Å². The summed E-state index contributed by atoms with van der Waals surface area (Å²) in [7, 11) is 1.41. The molecule has 0 aliphatic heterocycles. The molecule has 0 spiro atoms. The first-order valence-corrected chi connectivity index (χ1v) is 6.14. The quantitative estimate of drug-likeness (QED) is 0.814. The van der Waals surface area contributed by atoms with Crippen LogP contribution in [0.1, 0.15) is 44.8 Å². The Balaban J connectivity index is 2.15. The third-order valence-electron chi connectivity index (χ3n) is 3.49. The highest BCUT2D eigenvalue weighted by Crippen LogP contribution is 2.36. The summed E-state index contributed by atoms with van der Waals surface area (Å²) in [6.07, 6.45) is 3.92. The van der Waals surface area contributed by atoms with E-state index in [-0.39, 0.29) is 17.9 Å². The van der Waals surface area contributed by atoms with Gasteiger partial charge in [0.2, 0.25) is 0 Å². The molecule has 1 saturated carbocycles. The van der Waals surface area contributed by atoms with Crippen LogP contribution in [0.25, 0.3) is 0 Å². The van der Waals surface area contributed by atoms with Gasteiger partial charge in [0.1, 0.15) is 5.60 Å². The van der Waals surface area contributed by atoms with Gasteiger partial charge in [0.05, 0.1) is 31.0 Å². The summed E-state index contributed by atoms with van der Waals surface area (Å²) in [5, 5.41) is 17.9. The summed E-state index contributed by atoms with van der Waals surface area (Å²) >= 11 is 0. The van der Waals surface area contributed by atoms with E-state index in [2.05, 4.69) is 10.3 Å². The first kappa shape index (κ1) is 13.0. The maximum absolute atomic E-state index is 11.5. The second-order valence-electron chi connectivity index (χ2n) is 5.31. The molecule has 1 aliphatic rings. The fourth-order valence-electron chi connectivity index (χ4n) is 2.51. The highest BCUT2D eigenvalue weighted by atomic mass is 16.5. The van der Waals surface area contributed by atoms with Gasteiger partial charge in [-0.25, -0.2) is 4.68 Å². The largest absolute Gasteiger partial charge is 0.469 e. The van der Waals surface area contributed by atoms with Gasteiger partial charge in [0, 0.05) is 0 Å². The van der Waals surface area contributed by atoms with Crippen LogP contribution in [0.3, 0.4) is 0 Å². The van der Waals surface area contributed by atoms with Crippen molar-refractivity contribution in [2.45, 2.75) is 44.8 Å². The number of hydrogen-bond donors (Lipinski definition) is 1. The van der Waals surface area contributed by atoms with Crippen molar-refractivity contribution < 1.29 is 14.6 Å². The maximum atomic E-state index is 11.5. The second-order valence-corrected chi connectivity index (χ2v) is 5.31. The van der Waals surface area contributed by atoms with Gasteiger partial charge < -0.3 is 9.84 Å². The third kappa shape index (κ3) is 2.38. The van der Waals surface area contributed by atoms with Crippen molar-refractivity contribution in [2.24, 2.45) is 5.92 Å². The van der Waals surface area contributed by atoms with Gasteiger partial charge in [0.15, 0.2) is 0 Å². The van der Waals surface area contributed by atoms with Gasteiger partial charge in [-0.3, -0.25) is 4.79 Å². The van der Waals surface area contributed by atoms with E-state index in [0.717, 1.165) is 12.8 Å². The van der Waals surface area contributed by atoms with E-state index in [9.17, 15) is 9.90 Å². The molecule has 1 N–H and O–H groups in total. The number of esters is 1. The fraction of sp³-hybridized carbons (Fsp3) is 0.750. The Morgan fingerprint density at radius 3 is 2.89 bits per heavy atom. The van der Waals surface area contributed by atoms with Crippen molar-refractivity contribution in [3.63, 3.8) is 0 Å². The van der Waals surface area contributed by atoms with E-state index in [1.165, 1.54) is 7.11 Å². The monoisotopic (exact) mass is 253 g/mol. The predicted octanol–water partition coefficient (Wildman–Crippen LogP) is 1.02. The Bertz CT molecular complexity index is 436. The van der Waals surface area contributed by atoms with Crippen molar-refractivity contribution in [3.8, 4) is 0 Å². The Morgan fingerprint density at radius 2 is 2.28 bits per heavy atom. The standard InChI is InChI=1S/C12H19N3O3/c1-12(2,17)10-7-13-14-15(10)9-5-4-8(6-9)11(16)18-3/h7-9,17H,4-6H2,1-3H3/t8-,9+/m0/s1. The number of nitrogens with zero attached hydrogens (tertiary/aromatic N) is 3. The molecule has 6 heteroatoms. The predicted molar refractivity (Wildman–Crippen MR) is 63.7 cm³/mol. The minimum atomic E-state index is -0.979. The molecule has 0 aromatic carbocycles. The average molecular weight is 253 g/mol. The number of hydrogen-bond acceptors (Lipinski definition) is 5. The Kier molecular flexibility index (Phi) is 3.38. The molecule has 1 fully saturated rings. The van der Waals surface area contributed by atoms with E-state index in [1.54, 1.807) is 24.7 Å². The molecule has 2 rings (SSSR count). The summed E-state index contributed by atoms with van der Waals surface area (Å²) < 4.78 is 6.50. The van der Waals surface area contributed by atoms with Gasteiger partial charge in [-0.1, -0.05) is 5.21 Å². The molecule has 2 atom stereocenters. The smallest absolute Gasteiger partial charge is 0.308 e. The van der Waals surface area contributed by atoms with Crippen molar-refractivity contribution in [3.05, 3.63) is 11.9 Å². The zero-order chi connectivity index (χ0) is 13.3. The van der Waals surface area contributed by atoms with Crippen LogP contribution in [0.4, 0.5) is 0 Å². The van der Waals surface area contributed by atoms with Crippen molar-refractivity contribution in [1.82, 2.24) is 15.0 Å². The Morgan fingerprint density at radius 1 is 1.56 bits per heavy atom. The molecule has 1 aromatic heterocycles. The minimum absolute atomic E-state index is 0.0705. The summed E-state index contributed by atoms with van der Waals surface area (Å²) in [6.45, 7) is 3.41. The highest BCUT2D eigenvalue weighted by molar-refractivity contribution is 5.72. The topological polar surface area (TPSA) is 77.2 Å². The summed E-state index contributed by atoms with van der Waals surface area (Å²) in [5.41, 5.74) is -0.301. The van der Waals surface area contributed by atoms with Gasteiger partial charge in [-0.15, -0.1) is 5.10 Å². The summed E-state index contributed by atoms with van der Waals surface area (Å²) in [5.74, 6) is -0.235. The van der Waals surface area contributed by atoms with E-state index in [1.807, 2.05) is 0 Å². The average Bonchev–Trinajstić information content (AvgIpc) is 2.94. The molecule has 0 radical (unpaired) electrons. The Labute approximate surface area is 106 Å². The number of methoxy groups -OCH3 is 1. The lowest BCUT2D eigenvalue weighted by molar-refractivity contribution is -0.145. The SMILES string of the molecule is COC(=O)[C@H]1CC[C@@H](n2nncc2C(C)(C)O)C1. The van der Waals surface area contributed by atoms with E-state index < -0.39 is 5.60 Å². The molecule has 6 nitrogen and oxygen atoms in total. The minimum Gasteiger partial charge on any atom is -0.469 e. The van der Waals surface area contributed by atoms with Crippen molar-refractivity contribution in [1.29, 1.82) is 0 Å². The van der Waals surface area contributed by atoms with Gasteiger partial charge in [0.25, 0.3) is 0 Å². The molecule has 1 heterocycles. The zero-order valence-corrected chi connectivity index (χ0v) is 11.0. The molecular weight excluding hydrogens is 234 g/mol. The van der Waals surface area contributed by atoms with Crippen LogP contribution in [0, 0.1) is 5.92 Å². The molecule has 0 saturated heterocycles. The van der Waals surface area contributed by atoms with Crippen LogP contribution in [0.2, 0.25) is 0 Å². The second kappa shape index (κ2) is 4.68. The lowest BCUT2D eigenvalue weighted by atomic mass is 10.1. The maximum Gasteiger partial charge on any atom is 0.308 e. The molecule has 18 heavy (non-hydrogen) atoms. The number of rotatable bonds is 3. The summed E-state index contributed by atoms with van der Waals surface area (Å²) in [4.78, 5) is 11.5. The van der Waals surface area contributed by atoms with Gasteiger partial charge in [-0.05, 0) is 33.1 Å². The lowest BCUT2D eigenvalue weighted by Crippen LogP contribution is -2.24. The first-order chi connectivity index (χ1) is 8.43. The van der Waals surface area contributed by atoms with Crippen molar-refractivity contribution >= 4 is 5.97 Å². The third-order valence-corrected chi connectivity index (χ3v) is 3.49. The fourth-order valence-corrected chi connectivity index (χ4v) is 2.51. The first-order valence-electron chi connectivity index (χ1n) is 6.14. The zero-order valence-electron chi connectivity index (χ0n) is 11.0. The lowest BCUT2D eigenvalue weighted by Gasteiger charge is -2.21. The van der Waals surface area contributed by atoms with E-state index >= 15 is 0 Å². The van der Waals surface area contributed by atoms with Gasteiger partial charge in [-0.2, -0.15) is 0 Å². The highest BCUT2D eigenvalue weighted by Gasteiger charge is 2.35. The van der Waals surface area contributed by atoms with E-state index in [0.29, 0.717) is 12.1 Å². The Hall–Kier alpha value is -1.43. The van der Waals surface area contributed by atoms with Gasteiger partial charge >= 0.3 is 5.97 Å². The number of aromatic nitrogens is 3. The normalized spacial score (nSPS) is 24.2. The van der Waals surface area contributed by atoms with Crippen LogP contribution in [0.15, 0.2) is 6.20 Å². The van der Waals surface area contributed by atoms with Crippen LogP contribution < -0.4 is 0 Å². The van der Waals surface area contributed by atoms with Crippen molar-refractivity contribution in [2.75, 3.05) is 7.11 Å². The molecular formula is C12H19N3O3. The number of ether oxygens (including phenoxy) is 1. The molecule has 0 amide bonds. The van der Waals surface area contributed by atoms with Crippen LogP contribution in [-0.4, -0.2) is 33.2 Å². The molecule has 0 unspecified atom stereocenters. The van der Waals surface area contributed by atoms with Crippen LogP contribution >= 0.6 is 0 Å². The molecule has 1 aliphatic carbocycles. The summed E-state index contributed by atoms with van der Waals surface area (Å²) in [6, 6.07) is 0.109. The number of carbonyl (C=O) groups excluding carboxylic acids is 1. The number of aliphatic hydroxyl groups is 1. The molecule has 0 bridgehead atoms. The molecule has 100 valence electrons. The van der Waals surface area contributed by atoms with Crippen LogP contribution in [-0.2, 0) is 15.1 Å².